The lowest BCUT2D eigenvalue weighted by molar-refractivity contribution is 0.0939. The monoisotopic (exact) mass is 257 g/mol. The predicted octanol–water partition coefficient (Wildman–Crippen LogP) is 3.72. The highest BCUT2D eigenvalue weighted by Gasteiger charge is 2.13. The number of benzene rings is 1. The van der Waals surface area contributed by atoms with Gasteiger partial charge in [0.15, 0.2) is 0 Å². The Hall–Kier alpha value is -2.03. The smallest absolute Gasteiger partial charge is 0.251 e. The first-order chi connectivity index (χ1) is 8.96. The Balaban J connectivity index is 2.13. The van der Waals surface area contributed by atoms with Crippen molar-refractivity contribution in [3.8, 4) is 11.3 Å². The van der Waals surface area contributed by atoms with Crippen molar-refractivity contribution in [1.29, 1.82) is 0 Å². The highest BCUT2D eigenvalue weighted by molar-refractivity contribution is 5.95. The number of carbonyl (C=O) groups is 1. The Morgan fingerprint density at radius 3 is 2.63 bits per heavy atom. The van der Waals surface area contributed by atoms with Gasteiger partial charge in [-0.15, -0.1) is 0 Å². The van der Waals surface area contributed by atoms with Gasteiger partial charge in [0.05, 0.1) is 6.26 Å². The molecule has 1 heterocycles. The van der Waals surface area contributed by atoms with E-state index < -0.39 is 0 Å². The number of carbonyl (C=O) groups excluding carboxylic acids is 1. The van der Waals surface area contributed by atoms with Gasteiger partial charge in [-0.3, -0.25) is 4.79 Å². The average Bonchev–Trinajstić information content (AvgIpc) is 2.89. The normalized spacial score (nSPS) is 11.3. The van der Waals surface area contributed by atoms with Gasteiger partial charge in [-0.25, -0.2) is 0 Å². The van der Waals surface area contributed by atoms with Crippen LogP contribution in [0.1, 0.15) is 31.1 Å². The molecule has 1 aromatic carbocycles. The molecule has 2 aromatic rings. The summed E-state index contributed by atoms with van der Waals surface area (Å²) in [5.74, 6) is 0.716. The second-order valence-corrected chi connectivity index (χ2v) is 5.80. The summed E-state index contributed by atoms with van der Waals surface area (Å²) in [5.41, 5.74) is 1.64. The molecule has 19 heavy (non-hydrogen) atoms. The summed E-state index contributed by atoms with van der Waals surface area (Å²) in [6, 6.07) is 11.2. The maximum atomic E-state index is 12.1. The van der Waals surface area contributed by atoms with Crippen LogP contribution in [0.3, 0.4) is 0 Å². The SMILES string of the molecule is CC(C)(C)CNC(=O)c1cccc(-c2ccco2)c1. The van der Waals surface area contributed by atoms with Crippen LogP contribution in [-0.4, -0.2) is 12.5 Å². The predicted molar refractivity (Wildman–Crippen MR) is 75.9 cm³/mol. The van der Waals surface area contributed by atoms with Crippen molar-refractivity contribution in [3.05, 3.63) is 48.2 Å². The fourth-order valence-corrected chi connectivity index (χ4v) is 1.70. The van der Waals surface area contributed by atoms with Crippen LogP contribution < -0.4 is 5.32 Å². The van der Waals surface area contributed by atoms with Crippen molar-refractivity contribution in [2.45, 2.75) is 20.8 Å². The molecule has 0 radical (unpaired) electrons. The summed E-state index contributed by atoms with van der Waals surface area (Å²) >= 11 is 0. The van der Waals surface area contributed by atoms with Crippen LogP contribution in [0.4, 0.5) is 0 Å². The van der Waals surface area contributed by atoms with E-state index in [4.69, 9.17) is 4.42 Å². The van der Waals surface area contributed by atoms with E-state index in [9.17, 15) is 4.79 Å². The van der Waals surface area contributed by atoms with Crippen LogP contribution in [0.5, 0.6) is 0 Å². The fourth-order valence-electron chi connectivity index (χ4n) is 1.70. The van der Waals surface area contributed by atoms with Crippen LogP contribution in [0, 0.1) is 5.41 Å². The van der Waals surface area contributed by atoms with E-state index in [1.165, 1.54) is 0 Å². The molecule has 2 rings (SSSR count). The highest BCUT2D eigenvalue weighted by Crippen LogP contribution is 2.21. The molecule has 0 saturated heterocycles. The fraction of sp³-hybridized carbons (Fsp3) is 0.312. The molecule has 0 aliphatic rings. The summed E-state index contributed by atoms with van der Waals surface area (Å²) in [7, 11) is 0. The van der Waals surface area contributed by atoms with E-state index in [1.807, 2.05) is 36.4 Å². The first kappa shape index (κ1) is 13.4. The third-order valence-corrected chi connectivity index (χ3v) is 2.71. The molecule has 1 N–H and O–H groups in total. The molecule has 3 nitrogen and oxygen atoms in total. The summed E-state index contributed by atoms with van der Waals surface area (Å²) in [6.45, 7) is 6.92. The number of furan rings is 1. The van der Waals surface area contributed by atoms with Crippen LogP contribution in [-0.2, 0) is 0 Å². The van der Waals surface area contributed by atoms with Crippen LogP contribution >= 0.6 is 0 Å². The molecule has 0 aliphatic carbocycles. The van der Waals surface area contributed by atoms with Gasteiger partial charge in [-0.1, -0.05) is 32.9 Å². The van der Waals surface area contributed by atoms with Crippen molar-refractivity contribution in [2.24, 2.45) is 5.41 Å². The number of hydrogen-bond donors (Lipinski definition) is 1. The van der Waals surface area contributed by atoms with E-state index in [0.717, 1.165) is 11.3 Å². The lowest BCUT2D eigenvalue weighted by Crippen LogP contribution is -2.32. The van der Waals surface area contributed by atoms with Crippen molar-refractivity contribution in [3.63, 3.8) is 0 Å². The zero-order chi connectivity index (χ0) is 13.9. The van der Waals surface area contributed by atoms with Crippen LogP contribution in [0.25, 0.3) is 11.3 Å². The minimum absolute atomic E-state index is 0.0525. The van der Waals surface area contributed by atoms with Crippen LogP contribution in [0.2, 0.25) is 0 Å². The summed E-state index contributed by atoms with van der Waals surface area (Å²) in [5, 5.41) is 2.94. The molecular formula is C16H19NO2. The number of nitrogens with one attached hydrogen (secondary N) is 1. The molecule has 0 bridgehead atoms. The molecule has 100 valence electrons. The highest BCUT2D eigenvalue weighted by atomic mass is 16.3. The van der Waals surface area contributed by atoms with Crippen molar-refractivity contribution < 1.29 is 9.21 Å². The van der Waals surface area contributed by atoms with Gasteiger partial charge in [-0.2, -0.15) is 0 Å². The molecule has 1 aromatic heterocycles. The molecule has 0 spiro atoms. The minimum atomic E-state index is -0.0525. The Labute approximate surface area is 113 Å². The van der Waals surface area contributed by atoms with Gasteiger partial charge in [0.25, 0.3) is 5.91 Å². The van der Waals surface area contributed by atoms with Crippen molar-refractivity contribution in [1.82, 2.24) is 5.32 Å². The summed E-state index contributed by atoms with van der Waals surface area (Å²) in [4.78, 5) is 12.1. The third-order valence-electron chi connectivity index (χ3n) is 2.71. The standard InChI is InChI=1S/C16H19NO2/c1-16(2,3)11-17-15(18)13-7-4-6-12(10-13)14-8-5-9-19-14/h4-10H,11H2,1-3H3,(H,17,18). The lowest BCUT2D eigenvalue weighted by Gasteiger charge is -2.18. The lowest BCUT2D eigenvalue weighted by atomic mass is 9.97. The van der Waals surface area contributed by atoms with E-state index >= 15 is 0 Å². The first-order valence-corrected chi connectivity index (χ1v) is 6.38. The second-order valence-electron chi connectivity index (χ2n) is 5.80. The zero-order valence-electron chi connectivity index (χ0n) is 11.6. The molecular weight excluding hydrogens is 238 g/mol. The third kappa shape index (κ3) is 3.71. The molecule has 3 heteroatoms. The number of amides is 1. The Bertz CT molecular complexity index is 550. The maximum absolute atomic E-state index is 12.1. The number of rotatable bonds is 3. The van der Waals surface area contributed by atoms with Crippen LogP contribution in [0.15, 0.2) is 47.1 Å². The topological polar surface area (TPSA) is 42.2 Å². The van der Waals surface area contributed by atoms with Gasteiger partial charge < -0.3 is 9.73 Å². The van der Waals surface area contributed by atoms with Gasteiger partial charge in [0.2, 0.25) is 0 Å². The Morgan fingerprint density at radius 2 is 2.00 bits per heavy atom. The van der Waals surface area contributed by atoms with Gasteiger partial charge in [0, 0.05) is 17.7 Å². The quantitative estimate of drug-likeness (QED) is 0.910. The molecule has 0 saturated carbocycles. The zero-order valence-corrected chi connectivity index (χ0v) is 11.6. The van der Waals surface area contributed by atoms with E-state index in [1.54, 1.807) is 6.26 Å². The van der Waals surface area contributed by atoms with Gasteiger partial charge in [0.1, 0.15) is 5.76 Å². The van der Waals surface area contributed by atoms with Crippen molar-refractivity contribution in [2.75, 3.05) is 6.54 Å². The average molecular weight is 257 g/mol. The molecule has 0 atom stereocenters. The van der Waals surface area contributed by atoms with Gasteiger partial charge in [-0.05, 0) is 29.7 Å². The number of hydrogen-bond acceptors (Lipinski definition) is 2. The van der Waals surface area contributed by atoms with E-state index in [2.05, 4.69) is 26.1 Å². The van der Waals surface area contributed by atoms with E-state index in [-0.39, 0.29) is 11.3 Å². The summed E-state index contributed by atoms with van der Waals surface area (Å²) in [6.07, 6.45) is 1.63. The van der Waals surface area contributed by atoms with Gasteiger partial charge >= 0.3 is 0 Å². The first-order valence-electron chi connectivity index (χ1n) is 6.38. The molecule has 0 fully saturated rings. The Kier molecular flexibility index (Phi) is 3.74. The summed E-state index contributed by atoms with van der Waals surface area (Å²) < 4.78 is 5.34. The Morgan fingerprint density at radius 1 is 1.21 bits per heavy atom. The maximum Gasteiger partial charge on any atom is 0.251 e. The van der Waals surface area contributed by atoms with E-state index in [0.29, 0.717) is 12.1 Å². The molecule has 1 amide bonds. The molecule has 0 aliphatic heterocycles. The largest absolute Gasteiger partial charge is 0.464 e. The van der Waals surface area contributed by atoms with Crippen molar-refractivity contribution >= 4 is 5.91 Å². The second kappa shape index (κ2) is 5.31. The molecule has 0 unspecified atom stereocenters. The minimum Gasteiger partial charge on any atom is -0.464 e.